The molecule has 1 amide bonds. The number of methoxy groups -OCH3 is 1. The Morgan fingerprint density at radius 1 is 1.32 bits per heavy atom. The number of ether oxygens (including phenoxy) is 1. The molecule has 134 valence electrons. The number of benzene rings is 1. The summed E-state index contributed by atoms with van der Waals surface area (Å²) in [6.07, 6.45) is 2.00. The van der Waals surface area contributed by atoms with Crippen molar-refractivity contribution in [1.82, 2.24) is 4.90 Å². The summed E-state index contributed by atoms with van der Waals surface area (Å²) in [5.41, 5.74) is 1.45. The fourth-order valence-corrected chi connectivity index (χ4v) is 3.87. The van der Waals surface area contributed by atoms with E-state index in [1.807, 2.05) is 6.92 Å². The highest BCUT2D eigenvalue weighted by Crippen LogP contribution is 2.45. The molecule has 3 rings (SSSR count). The van der Waals surface area contributed by atoms with E-state index in [9.17, 15) is 19.8 Å². The molecule has 2 N–H and O–H groups in total. The lowest BCUT2D eigenvalue weighted by Gasteiger charge is -2.34. The van der Waals surface area contributed by atoms with Crippen LogP contribution in [0, 0.1) is 17.8 Å². The molecule has 0 saturated heterocycles. The molecule has 1 fully saturated rings. The fourth-order valence-electron chi connectivity index (χ4n) is 3.87. The fraction of sp³-hybridized carbons (Fsp3) is 0.474. The molecule has 1 heterocycles. The van der Waals surface area contributed by atoms with Gasteiger partial charge >= 0.3 is 5.97 Å². The second-order valence-electron chi connectivity index (χ2n) is 6.82. The van der Waals surface area contributed by atoms with Crippen molar-refractivity contribution in [3.8, 4) is 5.75 Å². The van der Waals surface area contributed by atoms with Crippen LogP contribution in [0.1, 0.15) is 18.9 Å². The van der Waals surface area contributed by atoms with Crippen molar-refractivity contribution in [3.05, 3.63) is 41.6 Å². The van der Waals surface area contributed by atoms with Gasteiger partial charge in [0.2, 0.25) is 5.91 Å². The van der Waals surface area contributed by atoms with E-state index >= 15 is 0 Å². The molecule has 0 radical (unpaired) electrons. The highest BCUT2D eigenvalue weighted by Gasteiger charge is 2.50. The van der Waals surface area contributed by atoms with Crippen LogP contribution in [0.4, 0.5) is 0 Å². The van der Waals surface area contributed by atoms with E-state index in [2.05, 4.69) is 0 Å². The lowest BCUT2D eigenvalue weighted by Crippen LogP contribution is -2.43. The molecule has 0 aromatic heterocycles. The number of phenolic OH excluding ortho intramolecular Hbond substituents is 1. The van der Waals surface area contributed by atoms with Crippen molar-refractivity contribution in [3.63, 3.8) is 0 Å². The van der Waals surface area contributed by atoms with Gasteiger partial charge in [-0.1, -0.05) is 19.1 Å². The predicted octanol–water partition coefficient (Wildman–Crippen LogP) is 1.47. The minimum absolute atomic E-state index is 0.0551. The molecule has 0 unspecified atom stereocenters. The van der Waals surface area contributed by atoms with Crippen molar-refractivity contribution in [2.45, 2.75) is 25.9 Å². The molecule has 6 nitrogen and oxygen atoms in total. The van der Waals surface area contributed by atoms with Crippen LogP contribution in [0.5, 0.6) is 5.75 Å². The number of carbonyl (C=O) groups is 2. The summed E-state index contributed by atoms with van der Waals surface area (Å²) in [7, 11) is 1.32. The Labute approximate surface area is 146 Å². The summed E-state index contributed by atoms with van der Waals surface area (Å²) in [5, 5.41) is 19.5. The van der Waals surface area contributed by atoms with E-state index in [1.54, 1.807) is 35.4 Å². The molecule has 1 aliphatic heterocycles. The van der Waals surface area contributed by atoms with Gasteiger partial charge in [0, 0.05) is 18.7 Å². The molecule has 1 aliphatic carbocycles. The maximum absolute atomic E-state index is 12.9. The van der Waals surface area contributed by atoms with Gasteiger partial charge in [-0.15, -0.1) is 0 Å². The second-order valence-corrected chi connectivity index (χ2v) is 6.82. The van der Waals surface area contributed by atoms with E-state index in [0.717, 1.165) is 5.56 Å². The largest absolute Gasteiger partial charge is 0.508 e. The third-order valence-electron chi connectivity index (χ3n) is 5.36. The number of phenols is 1. The summed E-state index contributed by atoms with van der Waals surface area (Å²) >= 11 is 0. The van der Waals surface area contributed by atoms with Crippen molar-refractivity contribution in [2.24, 2.45) is 17.8 Å². The quantitative estimate of drug-likeness (QED) is 0.807. The SMILES string of the molecule is COC(=O)C1=CN(CCc2ccc(O)cc2)C(=O)[C@H]2[C@@H](C)[C@@H](O)C[C@H]12. The molecule has 2 aliphatic rings. The van der Waals surface area contributed by atoms with Gasteiger partial charge in [0.15, 0.2) is 0 Å². The van der Waals surface area contributed by atoms with Gasteiger partial charge in [-0.2, -0.15) is 0 Å². The highest BCUT2D eigenvalue weighted by atomic mass is 16.5. The monoisotopic (exact) mass is 345 g/mol. The maximum atomic E-state index is 12.9. The molecule has 25 heavy (non-hydrogen) atoms. The molecule has 1 aromatic rings. The van der Waals surface area contributed by atoms with Crippen molar-refractivity contribution < 1.29 is 24.5 Å². The number of aliphatic hydroxyl groups is 1. The molecular weight excluding hydrogens is 322 g/mol. The summed E-state index contributed by atoms with van der Waals surface area (Å²) in [5.74, 6) is -1.17. The molecule has 1 aromatic carbocycles. The van der Waals surface area contributed by atoms with Crippen LogP contribution >= 0.6 is 0 Å². The molecule has 0 spiro atoms. The Kier molecular flexibility index (Phi) is 4.81. The summed E-state index contributed by atoms with van der Waals surface area (Å²) in [6.45, 7) is 2.28. The van der Waals surface area contributed by atoms with Crippen LogP contribution in [0.2, 0.25) is 0 Å². The average molecular weight is 345 g/mol. The number of nitrogens with zero attached hydrogens (tertiary/aromatic N) is 1. The minimum atomic E-state index is -0.593. The summed E-state index contributed by atoms with van der Waals surface area (Å²) in [6, 6.07) is 6.82. The number of hydrogen-bond acceptors (Lipinski definition) is 5. The van der Waals surface area contributed by atoms with E-state index in [-0.39, 0.29) is 23.5 Å². The third kappa shape index (κ3) is 3.26. The Morgan fingerprint density at radius 2 is 2.00 bits per heavy atom. The maximum Gasteiger partial charge on any atom is 0.335 e. The van der Waals surface area contributed by atoms with E-state index in [0.29, 0.717) is 25.0 Å². The number of fused-ring (bicyclic) bond motifs is 1. The van der Waals surface area contributed by atoms with E-state index < -0.39 is 18.0 Å². The highest BCUT2D eigenvalue weighted by molar-refractivity contribution is 5.94. The lowest BCUT2D eigenvalue weighted by atomic mass is 9.81. The van der Waals surface area contributed by atoms with Gasteiger partial charge < -0.3 is 19.8 Å². The summed E-state index contributed by atoms with van der Waals surface area (Å²) in [4.78, 5) is 26.6. The van der Waals surface area contributed by atoms with Crippen LogP contribution in [0.3, 0.4) is 0 Å². The van der Waals surface area contributed by atoms with Gasteiger partial charge in [-0.05, 0) is 36.5 Å². The standard InChI is InChI=1S/C19H23NO5/c1-11-16(22)9-14-15(19(24)25-2)10-20(18(23)17(11)14)8-7-12-3-5-13(21)6-4-12/h3-6,10-11,14,16-17,21-22H,7-9H2,1-2H3/t11-,14+,16-,17-/m0/s1. The van der Waals surface area contributed by atoms with Gasteiger partial charge in [0.25, 0.3) is 0 Å². The summed E-state index contributed by atoms with van der Waals surface area (Å²) < 4.78 is 4.87. The van der Waals surface area contributed by atoms with Gasteiger partial charge in [-0.25, -0.2) is 4.79 Å². The first-order chi connectivity index (χ1) is 11.9. The molecule has 4 atom stereocenters. The minimum Gasteiger partial charge on any atom is -0.508 e. The van der Waals surface area contributed by atoms with Crippen LogP contribution in [0.25, 0.3) is 0 Å². The predicted molar refractivity (Wildman–Crippen MR) is 90.4 cm³/mol. The van der Waals surface area contributed by atoms with E-state index in [4.69, 9.17) is 4.74 Å². The number of hydrogen-bond donors (Lipinski definition) is 2. The van der Waals surface area contributed by atoms with E-state index in [1.165, 1.54) is 7.11 Å². The number of amides is 1. The third-order valence-corrected chi connectivity index (χ3v) is 5.36. The van der Waals surface area contributed by atoms with Gasteiger partial charge in [-0.3, -0.25) is 4.79 Å². The number of aliphatic hydroxyl groups excluding tert-OH is 1. The zero-order chi connectivity index (χ0) is 18.1. The second kappa shape index (κ2) is 6.88. The number of esters is 1. The van der Waals surface area contributed by atoms with Gasteiger partial charge in [0.05, 0.1) is 24.7 Å². The molecular formula is C19H23NO5. The zero-order valence-electron chi connectivity index (χ0n) is 14.4. The first kappa shape index (κ1) is 17.5. The van der Waals surface area contributed by atoms with Crippen molar-refractivity contribution in [2.75, 3.05) is 13.7 Å². The normalized spacial score (nSPS) is 28.5. The lowest BCUT2D eigenvalue weighted by molar-refractivity contribution is -0.140. The van der Waals surface area contributed by atoms with Crippen molar-refractivity contribution in [1.29, 1.82) is 0 Å². The smallest absolute Gasteiger partial charge is 0.335 e. The molecule has 0 bridgehead atoms. The van der Waals surface area contributed by atoms with Crippen LogP contribution in [-0.4, -0.2) is 46.7 Å². The Bertz CT molecular complexity index is 696. The first-order valence-electron chi connectivity index (χ1n) is 8.49. The Hall–Kier alpha value is -2.34. The molecule has 6 heteroatoms. The van der Waals surface area contributed by atoms with Crippen LogP contribution in [-0.2, 0) is 20.7 Å². The number of aromatic hydroxyl groups is 1. The van der Waals surface area contributed by atoms with Crippen LogP contribution in [0.15, 0.2) is 36.0 Å². The number of rotatable bonds is 4. The number of carbonyl (C=O) groups excluding carboxylic acids is 2. The molecule has 1 saturated carbocycles. The van der Waals surface area contributed by atoms with Crippen molar-refractivity contribution >= 4 is 11.9 Å². The zero-order valence-corrected chi connectivity index (χ0v) is 14.4. The van der Waals surface area contributed by atoms with Gasteiger partial charge in [0.1, 0.15) is 5.75 Å². The van der Waals surface area contributed by atoms with Crippen LogP contribution < -0.4 is 0 Å². The first-order valence-corrected chi connectivity index (χ1v) is 8.49. The Morgan fingerprint density at radius 3 is 2.64 bits per heavy atom. The Balaban J connectivity index is 1.82. The topological polar surface area (TPSA) is 87.1 Å². The average Bonchev–Trinajstić information content (AvgIpc) is 2.90.